The number of Topliss-reactive ketones (excluding diaryl/α,β-unsaturated/α-hetero) is 1. The number of carbonyl (C=O) groups is 1. The average molecular weight is 323 g/mol. The van der Waals surface area contributed by atoms with Crippen LogP contribution in [0.25, 0.3) is 0 Å². The molecule has 1 aliphatic rings. The molecule has 2 aromatic rings. The smallest absolute Gasteiger partial charge is 0.243 e. The summed E-state index contributed by atoms with van der Waals surface area (Å²) in [7, 11) is -3.84. The fourth-order valence-corrected chi connectivity index (χ4v) is 3.83. The maximum absolute atomic E-state index is 13.3. The minimum Gasteiger partial charge on any atom is -0.293 e. The van der Waals surface area contributed by atoms with Crippen LogP contribution in [-0.4, -0.2) is 20.0 Å². The van der Waals surface area contributed by atoms with E-state index in [1.165, 1.54) is 12.1 Å². The maximum atomic E-state index is 13.3. The van der Waals surface area contributed by atoms with Crippen molar-refractivity contribution < 1.29 is 22.0 Å². The third-order valence-corrected chi connectivity index (χ3v) is 5.06. The van der Waals surface area contributed by atoms with Crippen molar-refractivity contribution in [3.8, 4) is 0 Å². The quantitative estimate of drug-likeness (QED) is 0.853. The fourth-order valence-electron chi connectivity index (χ4n) is 2.39. The molecule has 3 rings (SSSR count). The van der Waals surface area contributed by atoms with Crippen LogP contribution in [0.2, 0.25) is 0 Å². The van der Waals surface area contributed by atoms with Gasteiger partial charge < -0.3 is 0 Å². The summed E-state index contributed by atoms with van der Waals surface area (Å²) < 4.78 is 51.8. The van der Waals surface area contributed by atoms with Gasteiger partial charge in [-0.25, -0.2) is 17.2 Å². The number of ketones is 1. The summed E-state index contributed by atoms with van der Waals surface area (Å²) in [4.78, 5) is 11.9. The van der Waals surface area contributed by atoms with Crippen molar-refractivity contribution >= 4 is 21.5 Å². The largest absolute Gasteiger partial charge is 0.293 e. The molecule has 0 bridgehead atoms. The Morgan fingerprint density at radius 2 is 1.77 bits per heavy atom. The number of para-hydroxylation sites is 1. The van der Waals surface area contributed by atoms with Gasteiger partial charge in [-0.05, 0) is 29.8 Å². The summed E-state index contributed by atoms with van der Waals surface area (Å²) in [5.41, 5.74) is 0.856. The van der Waals surface area contributed by atoms with Crippen LogP contribution in [0.1, 0.15) is 15.9 Å². The molecule has 22 heavy (non-hydrogen) atoms. The Hall–Kier alpha value is -2.28. The Balaban J connectivity index is 2.06. The first-order valence-electron chi connectivity index (χ1n) is 6.45. The molecule has 0 saturated carbocycles. The summed E-state index contributed by atoms with van der Waals surface area (Å²) in [5, 5.41) is 0. The van der Waals surface area contributed by atoms with Gasteiger partial charge in [0.15, 0.2) is 17.4 Å². The van der Waals surface area contributed by atoms with Gasteiger partial charge in [-0.15, -0.1) is 0 Å². The van der Waals surface area contributed by atoms with E-state index in [4.69, 9.17) is 0 Å². The van der Waals surface area contributed by atoms with E-state index in [1.54, 1.807) is 18.2 Å². The first-order chi connectivity index (χ1) is 10.4. The van der Waals surface area contributed by atoms with Crippen molar-refractivity contribution in [2.24, 2.45) is 0 Å². The molecule has 0 radical (unpaired) electrons. The lowest BCUT2D eigenvalue weighted by Crippen LogP contribution is -2.40. The van der Waals surface area contributed by atoms with Crippen LogP contribution in [-0.2, 0) is 16.6 Å². The number of rotatable bonds is 2. The summed E-state index contributed by atoms with van der Waals surface area (Å²) in [6.45, 7) is -0.163. The molecule has 4 nitrogen and oxygen atoms in total. The van der Waals surface area contributed by atoms with Crippen LogP contribution in [0.5, 0.6) is 0 Å². The molecule has 0 spiro atoms. The van der Waals surface area contributed by atoms with Crippen molar-refractivity contribution in [3.05, 3.63) is 65.2 Å². The average Bonchev–Trinajstić information content (AvgIpc) is 2.46. The molecule has 0 N–H and O–H groups in total. The van der Waals surface area contributed by atoms with Gasteiger partial charge in [0, 0.05) is 5.56 Å². The third-order valence-electron chi connectivity index (χ3n) is 3.43. The number of halogens is 2. The second-order valence-electron chi connectivity index (χ2n) is 4.95. The highest BCUT2D eigenvalue weighted by Crippen LogP contribution is 2.30. The maximum Gasteiger partial charge on any atom is 0.243 e. The Labute approximate surface area is 126 Å². The van der Waals surface area contributed by atoms with Gasteiger partial charge in [0.25, 0.3) is 0 Å². The van der Waals surface area contributed by atoms with Crippen molar-refractivity contribution in [2.75, 3.05) is 10.1 Å². The molecule has 2 aromatic carbocycles. The highest BCUT2D eigenvalue weighted by molar-refractivity contribution is 7.93. The number of fused-ring (bicyclic) bond motifs is 1. The molecule has 0 amide bonds. The first kappa shape index (κ1) is 14.6. The van der Waals surface area contributed by atoms with E-state index in [0.29, 0.717) is 11.1 Å². The number of anilines is 1. The molecule has 0 aromatic heterocycles. The van der Waals surface area contributed by atoms with E-state index < -0.39 is 33.2 Å². The van der Waals surface area contributed by atoms with Crippen LogP contribution < -0.4 is 4.31 Å². The second kappa shape index (κ2) is 5.17. The van der Waals surface area contributed by atoms with Crippen molar-refractivity contribution in [1.29, 1.82) is 0 Å². The molecule has 0 saturated heterocycles. The molecule has 1 aliphatic heterocycles. The van der Waals surface area contributed by atoms with Crippen LogP contribution in [0.15, 0.2) is 42.5 Å². The zero-order chi connectivity index (χ0) is 15.9. The highest BCUT2D eigenvalue weighted by atomic mass is 32.2. The molecular weight excluding hydrogens is 312 g/mol. The number of nitrogens with zero attached hydrogens (tertiary/aromatic N) is 1. The topological polar surface area (TPSA) is 54.5 Å². The van der Waals surface area contributed by atoms with Crippen molar-refractivity contribution in [1.82, 2.24) is 0 Å². The predicted molar refractivity (Wildman–Crippen MR) is 77.1 cm³/mol. The van der Waals surface area contributed by atoms with E-state index in [-0.39, 0.29) is 12.2 Å². The number of sulfonamides is 1. The monoisotopic (exact) mass is 323 g/mol. The lowest BCUT2D eigenvalue weighted by Gasteiger charge is -2.29. The molecule has 114 valence electrons. The van der Waals surface area contributed by atoms with Crippen molar-refractivity contribution in [2.45, 2.75) is 6.54 Å². The highest BCUT2D eigenvalue weighted by Gasteiger charge is 2.34. The summed E-state index contributed by atoms with van der Waals surface area (Å²) in [5.74, 6) is -3.15. The Morgan fingerprint density at radius 1 is 1.05 bits per heavy atom. The normalized spacial score (nSPS) is 16.5. The van der Waals surface area contributed by atoms with E-state index in [2.05, 4.69) is 0 Å². The molecular formula is C15H11F2NO3S. The zero-order valence-electron chi connectivity index (χ0n) is 11.3. The number of benzene rings is 2. The first-order valence-corrected chi connectivity index (χ1v) is 8.06. The van der Waals surface area contributed by atoms with Crippen LogP contribution in [0.4, 0.5) is 14.5 Å². The molecule has 1 heterocycles. The van der Waals surface area contributed by atoms with Gasteiger partial charge >= 0.3 is 0 Å². The SMILES string of the molecule is O=C1CS(=O)(=O)N(Cc2ccc(F)c(F)c2)c2ccccc21. The number of carbonyl (C=O) groups excluding carboxylic acids is 1. The molecule has 0 atom stereocenters. The van der Waals surface area contributed by atoms with Crippen molar-refractivity contribution in [3.63, 3.8) is 0 Å². The van der Waals surface area contributed by atoms with Gasteiger partial charge in [-0.1, -0.05) is 18.2 Å². The Kier molecular flexibility index (Phi) is 3.44. The van der Waals surface area contributed by atoms with E-state index in [1.807, 2.05) is 0 Å². The minimum absolute atomic E-state index is 0.163. The third kappa shape index (κ3) is 2.48. The van der Waals surface area contributed by atoms with E-state index >= 15 is 0 Å². The zero-order valence-corrected chi connectivity index (χ0v) is 12.1. The lowest BCUT2D eigenvalue weighted by atomic mass is 10.1. The molecule has 0 unspecified atom stereocenters. The van der Waals surface area contributed by atoms with Gasteiger partial charge in [0.2, 0.25) is 10.0 Å². The van der Waals surface area contributed by atoms with E-state index in [9.17, 15) is 22.0 Å². The van der Waals surface area contributed by atoms with Gasteiger partial charge in [0.05, 0.1) is 12.2 Å². The summed E-state index contributed by atoms with van der Waals surface area (Å²) >= 11 is 0. The van der Waals surface area contributed by atoms with Gasteiger partial charge in [-0.2, -0.15) is 0 Å². The van der Waals surface area contributed by atoms with E-state index in [0.717, 1.165) is 16.4 Å². The van der Waals surface area contributed by atoms with Crippen LogP contribution >= 0.6 is 0 Å². The number of hydrogen-bond acceptors (Lipinski definition) is 3. The number of hydrogen-bond donors (Lipinski definition) is 0. The summed E-state index contributed by atoms with van der Waals surface area (Å²) in [6, 6.07) is 9.53. The molecule has 0 fully saturated rings. The molecule has 7 heteroatoms. The van der Waals surface area contributed by atoms with Gasteiger partial charge in [0.1, 0.15) is 5.75 Å². The Bertz CT molecular complexity index is 865. The fraction of sp³-hybridized carbons (Fsp3) is 0.133. The Morgan fingerprint density at radius 3 is 2.50 bits per heavy atom. The van der Waals surface area contributed by atoms with Gasteiger partial charge in [-0.3, -0.25) is 9.10 Å². The standard InChI is InChI=1S/C15H11F2NO3S/c16-12-6-5-10(7-13(12)17)8-18-14-4-2-1-3-11(14)15(19)9-22(18,20)21/h1-7H,8-9H2. The lowest BCUT2D eigenvalue weighted by molar-refractivity contribution is 0.102. The minimum atomic E-state index is -3.84. The van der Waals surface area contributed by atoms with Crippen LogP contribution in [0, 0.1) is 11.6 Å². The summed E-state index contributed by atoms with van der Waals surface area (Å²) in [6.07, 6.45) is 0. The van der Waals surface area contributed by atoms with Crippen LogP contribution in [0.3, 0.4) is 0 Å². The predicted octanol–water partition coefficient (Wildman–Crippen LogP) is 2.50. The molecule has 0 aliphatic carbocycles. The second-order valence-corrected chi connectivity index (χ2v) is 6.84.